The van der Waals surface area contributed by atoms with Gasteiger partial charge in [-0.1, -0.05) is 92.8 Å². The van der Waals surface area contributed by atoms with Crippen molar-refractivity contribution in [2.45, 2.75) is 68.9 Å². The molecule has 0 atom stereocenters. The Morgan fingerprint density at radius 1 is 0.564 bits per heavy atom. The molecule has 7 aromatic rings. The molecule has 3 aromatic heterocycles. The Bertz CT molecular complexity index is 2490. The van der Waals surface area contributed by atoms with Gasteiger partial charge in [0.05, 0.1) is 33.1 Å². The number of hydrogen-bond donors (Lipinski definition) is 0. The first-order valence-electron chi connectivity index (χ1n) is 19.1. The van der Waals surface area contributed by atoms with E-state index in [-0.39, 0.29) is 0 Å². The van der Waals surface area contributed by atoms with Crippen LogP contribution in [0.1, 0.15) is 62.3 Å². The Hall–Kier alpha value is -6.27. The lowest BCUT2D eigenvalue weighted by Gasteiger charge is -2.15. The highest BCUT2D eigenvalue weighted by Crippen LogP contribution is 2.37. The SMILES string of the molecule is C/C=C\C.C=CC.C=CCn1c(-c2cc(-c3nc4ccccc4n3/C(C)=C/C)cc(-c3nc4ccccc4n3/C(C)=C/C=C\C)c2)nc2ccccc21.CC. The van der Waals surface area contributed by atoms with E-state index >= 15 is 0 Å². The van der Waals surface area contributed by atoms with E-state index in [1.165, 1.54) is 0 Å². The number of allylic oxidation sites excluding steroid dienone is 10. The number of fused-ring (bicyclic) bond motifs is 3. The monoisotopic (exact) mass is 728 g/mol. The van der Waals surface area contributed by atoms with Crippen LogP contribution in [0.4, 0.5) is 0 Å². The first-order valence-corrected chi connectivity index (χ1v) is 19.1. The van der Waals surface area contributed by atoms with Gasteiger partial charge in [0.15, 0.2) is 0 Å². The third kappa shape index (κ3) is 9.10. The lowest BCUT2D eigenvalue weighted by molar-refractivity contribution is 0.862. The van der Waals surface area contributed by atoms with Crippen LogP contribution in [-0.4, -0.2) is 28.7 Å². The maximum Gasteiger partial charge on any atom is 0.145 e. The summed E-state index contributed by atoms with van der Waals surface area (Å²) in [5, 5.41) is 0. The fourth-order valence-corrected chi connectivity index (χ4v) is 6.22. The van der Waals surface area contributed by atoms with Gasteiger partial charge >= 0.3 is 0 Å². The predicted octanol–water partition coefficient (Wildman–Crippen LogP) is 14.0. The fourth-order valence-electron chi connectivity index (χ4n) is 6.22. The number of rotatable bonds is 8. The summed E-state index contributed by atoms with van der Waals surface area (Å²) in [5.41, 5.74) is 11.1. The van der Waals surface area contributed by atoms with Crippen molar-refractivity contribution >= 4 is 44.5 Å². The Morgan fingerprint density at radius 3 is 1.40 bits per heavy atom. The summed E-state index contributed by atoms with van der Waals surface area (Å²) in [6.45, 7) is 26.3. The van der Waals surface area contributed by atoms with Gasteiger partial charge in [0.1, 0.15) is 17.5 Å². The minimum absolute atomic E-state index is 0.634. The Kier molecular flexibility index (Phi) is 15.3. The van der Waals surface area contributed by atoms with E-state index in [2.05, 4.69) is 139 Å². The second-order valence-corrected chi connectivity index (χ2v) is 12.5. The molecule has 0 aliphatic heterocycles. The van der Waals surface area contributed by atoms with Crippen molar-refractivity contribution in [2.24, 2.45) is 0 Å². The molecular weight excluding hydrogens is 673 g/mol. The standard InChI is InChI=1S/C40H36N6.C4H8.C3H6.C2H6/c1-6-9-16-28(5)46-37-22-15-12-19-34(37)43-40(46)31-25-29(38-41-32-17-10-13-20-35(32)44(38)23-7-2)24-30(26-31)39-42-33-18-11-14-21-36(33)45(39)27(4)8-3;1-3-4-2;1-3-2;1-2/h6-22,24-26H,2,23H2,1,3-5H3;3-4H,1-2H3;3H,1H2,2H3;1-2H3/b9-6-,27-8+,28-16+;4-3-;;. The fraction of sp³-hybridized carbons (Fsp3) is 0.204. The lowest BCUT2D eigenvalue weighted by Crippen LogP contribution is -2.02. The minimum atomic E-state index is 0.634. The highest BCUT2D eigenvalue weighted by Gasteiger charge is 2.21. The minimum Gasteiger partial charge on any atom is -0.320 e. The van der Waals surface area contributed by atoms with Crippen molar-refractivity contribution in [3.8, 4) is 34.2 Å². The third-order valence-corrected chi connectivity index (χ3v) is 8.78. The van der Waals surface area contributed by atoms with E-state index < -0.39 is 0 Å². The Balaban J connectivity index is 0.000000684. The van der Waals surface area contributed by atoms with Gasteiger partial charge in [-0.15, -0.1) is 13.2 Å². The predicted molar refractivity (Wildman–Crippen MR) is 241 cm³/mol. The number of benzene rings is 4. The van der Waals surface area contributed by atoms with Gasteiger partial charge in [0, 0.05) is 34.6 Å². The quantitative estimate of drug-likeness (QED) is 0.116. The molecule has 4 aromatic carbocycles. The molecule has 282 valence electrons. The normalized spacial score (nSPS) is 11.7. The first-order chi connectivity index (χ1) is 26.8. The molecule has 0 bridgehead atoms. The van der Waals surface area contributed by atoms with Gasteiger partial charge in [0.25, 0.3) is 0 Å². The summed E-state index contributed by atoms with van der Waals surface area (Å²) in [7, 11) is 0. The molecule has 6 nitrogen and oxygen atoms in total. The zero-order valence-corrected chi connectivity index (χ0v) is 34.1. The van der Waals surface area contributed by atoms with Crippen molar-refractivity contribution in [3.63, 3.8) is 0 Å². The molecule has 3 heterocycles. The van der Waals surface area contributed by atoms with E-state index in [1.54, 1.807) is 6.08 Å². The molecule has 0 N–H and O–H groups in total. The summed E-state index contributed by atoms with van der Waals surface area (Å²) < 4.78 is 6.71. The van der Waals surface area contributed by atoms with Crippen LogP contribution in [-0.2, 0) is 6.54 Å². The van der Waals surface area contributed by atoms with Gasteiger partial charge in [-0.3, -0.25) is 9.13 Å². The van der Waals surface area contributed by atoms with Crippen LogP contribution in [0.5, 0.6) is 0 Å². The third-order valence-electron chi connectivity index (χ3n) is 8.78. The van der Waals surface area contributed by atoms with Crippen molar-refractivity contribution in [3.05, 3.63) is 153 Å². The summed E-state index contributed by atoms with van der Waals surface area (Å²) in [5.74, 6) is 2.60. The number of hydrogen-bond acceptors (Lipinski definition) is 3. The second kappa shape index (κ2) is 20.3. The molecule has 0 fully saturated rings. The number of imidazole rings is 3. The molecule has 0 saturated heterocycles. The number of nitrogens with zero attached hydrogens (tertiary/aromatic N) is 6. The first kappa shape index (κ1) is 41.5. The highest BCUT2D eigenvalue weighted by atomic mass is 15.1. The molecule has 0 amide bonds. The molecule has 55 heavy (non-hydrogen) atoms. The van der Waals surface area contributed by atoms with E-state index in [4.69, 9.17) is 15.0 Å². The molecule has 6 heteroatoms. The molecule has 0 aliphatic rings. The van der Waals surface area contributed by atoms with Crippen molar-refractivity contribution in [2.75, 3.05) is 0 Å². The van der Waals surface area contributed by atoms with E-state index in [1.807, 2.05) is 84.0 Å². The number of aromatic nitrogens is 6. The number of para-hydroxylation sites is 6. The summed E-state index contributed by atoms with van der Waals surface area (Å²) in [4.78, 5) is 15.6. The van der Waals surface area contributed by atoms with E-state index in [9.17, 15) is 0 Å². The highest BCUT2D eigenvalue weighted by molar-refractivity contribution is 5.90. The maximum absolute atomic E-state index is 5.22. The topological polar surface area (TPSA) is 53.5 Å². The average Bonchev–Trinajstić information content (AvgIpc) is 3.93. The van der Waals surface area contributed by atoms with Gasteiger partial charge in [-0.05, 0) is 109 Å². The molecule has 7 rings (SSSR count). The molecule has 0 unspecified atom stereocenters. The molecule has 0 radical (unpaired) electrons. The largest absolute Gasteiger partial charge is 0.320 e. The van der Waals surface area contributed by atoms with Gasteiger partial charge in [-0.25, -0.2) is 15.0 Å². The molecule has 0 spiro atoms. The van der Waals surface area contributed by atoms with Crippen LogP contribution in [0.15, 0.2) is 153 Å². The summed E-state index contributed by atoms with van der Waals surface area (Å²) in [6, 6.07) is 31.5. The van der Waals surface area contributed by atoms with Gasteiger partial charge in [-0.2, -0.15) is 0 Å². The zero-order chi connectivity index (χ0) is 39.9. The molecular formula is C49H56N6. The van der Waals surface area contributed by atoms with Crippen molar-refractivity contribution in [1.29, 1.82) is 0 Å². The van der Waals surface area contributed by atoms with Crippen LogP contribution in [0.2, 0.25) is 0 Å². The van der Waals surface area contributed by atoms with Crippen LogP contribution < -0.4 is 0 Å². The Labute approximate surface area is 327 Å². The lowest BCUT2D eigenvalue weighted by atomic mass is 10.0. The van der Waals surface area contributed by atoms with Crippen molar-refractivity contribution in [1.82, 2.24) is 28.7 Å². The van der Waals surface area contributed by atoms with E-state index in [0.29, 0.717) is 6.54 Å². The summed E-state index contributed by atoms with van der Waals surface area (Å²) >= 11 is 0. The zero-order valence-electron chi connectivity index (χ0n) is 34.1. The van der Waals surface area contributed by atoms with Gasteiger partial charge < -0.3 is 4.57 Å². The van der Waals surface area contributed by atoms with Gasteiger partial charge in [0.2, 0.25) is 0 Å². The second-order valence-electron chi connectivity index (χ2n) is 12.5. The van der Waals surface area contributed by atoms with Crippen LogP contribution in [0, 0.1) is 0 Å². The van der Waals surface area contributed by atoms with Crippen molar-refractivity contribution < 1.29 is 0 Å². The average molecular weight is 729 g/mol. The Morgan fingerprint density at radius 2 is 0.964 bits per heavy atom. The summed E-state index contributed by atoms with van der Waals surface area (Å²) in [6.07, 6.45) is 16.0. The molecule has 0 saturated carbocycles. The molecule has 0 aliphatic carbocycles. The van der Waals surface area contributed by atoms with E-state index in [0.717, 1.165) is 78.7 Å². The van der Waals surface area contributed by atoms with Crippen LogP contribution in [0.25, 0.3) is 78.7 Å². The maximum atomic E-state index is 5.22. The smallest absolute Gasteiger partial charge is 0.145 e. The van der Waals surface area contributed by atoms with Crippen LogP contribution >= 0.6 is 0 Å². The van der Waals surface area contributed by atoms with Crippen LogP contribution in [0.3, 0.4) is 0 Å².